The molecule has 124 valence electrons. The topological polar surface area (TPSA) is 69.1 Å². The van der Waals surface area contributed by atoms with Crippen molar-refractivity contribution in [1.82, 2.24) is 19.6 Å². The van der Waals surface area contributed by atoms with Crippen LogP contribution in [-0.2, 0) is 6.42 Å². The maximum atomic E-state index is 6.27. The quantitative estimate of drug-likeness (QED) is 0.574. The van der Waals surface area contributed by atoms with Crippen molar-refractivity contribution in [3.8, 4) is 11.1 Å². The zero-order valence-electron chi connectivity index (χ0n) is 14.1. The monoisotopic (exact) mass is 329 g/mol. The number of rotatable bonds is 1. The summed E-state index contributed by atoms with van der Waals surface area (Å²) < 4.78 is 2.00. The van der Waals surface area contributed by atoms with Gasteiger partial charge in [0.05, 0.1) is 5.52 Å². The first-order chi connectivity index (χ1) is 12.2. The molecule has 3 heterocycles. The third-order valence-electron chi connectivity index (χ3n) is 5.31. The zero-order valence-corrected chi connectivity index (χ0v) is 14.1. The minimum absolute atomic E-state index is 0.478. The molecule has 0 radical (unpaired) electrons. The Morgan fingerprint density at radius 3 is 3.00 bits per heavy atom. The van der Waals surface area contributed by atoms with Gasteiger partial charge in [0.15, 0.2) is 5.82 Å². The highest BCUT2D eigenvalue weighted by Crippen LogP contribution is 2.43. The highest BCUT2D eigenvalue weighted by Gasteiger charge is 2.28. The van der Waals surface area contributed by atoms with Gasteiger partial charge in [-0.3, -0.25) is 4.98 Å². The molecule has 5 nitrogen and oxygen atoms in total. The van der Waals surface area contributed by atoms with Crippen molar-refractivity contribution >= 4 is 22.2 Å². The SMILES string of the molecule is CC1CCCc2c1c(-c1cnc3ccccc3c1)c1c(N)ncnn21. The van der Waals surface area contributed by atoms with E-state index in [1.807, 2.05) is 28.9 Å². The number of fused-ring (bicyclic) bond motifs is 4. The molecule has 0 amide bonds. The van der Waals surface area contributed by atoms with Crippen molar-refractivity contribution in [2.75, 3.05) is 5.73 Å². The summed E-state index contributed by atoms with van der Waals surface area (Å²) in [6.45, 7) is 2.29. The van der Waals surface area contributed by atoms with Crippen LogP contribution in [0.2, 0.25) is 0 Å². The Morgan fingerprint density at radius 2 is 2.08 bits per heavy atom. The number of hydrogen-bond donors (Lipinski definition) is 1. The fourth-order valence-electron chi connectivity index (χ4n) is 4.18. The summed E-state index contributed by atoms with van der Waals surface area (Å²) in [6.07, 6.45) is 6.89. The van der Waals surface area contributed by atoms with E-state index in [2.05, 4.69) is 34.1 Å². The van der Waals surface area contributed by atoms with Gasteiger partial charge in [0.25, 0.3) is 0 Å². The first kappa shape index (κ1) is 14.4. The molecular formula is C20H19N5. The predicted molar refractivity (Wildman–Crippen MR) is 99.5 cm³/mol. The number of nitrogen functional groups attached to an aromatic ring is 1. The lowest BCUT2D eigenvalue weighted by Gasteiger charge is -2.20. The van der Waals surface area contributed by atoms with Crippen LogP contribution in [0.1, 0.15) is 36.9 Å². The van der Waals surface area contributed by atoms with Crippen LogP contribution in [0.5, 0.6) is 0 Å². The van der Waals surface area contributed by atoms with Crippen LogP contribution in [0.4, 0.5) is 5.82 Å². The van der Waals surface area contributed by atoms with Crippen LogP contribution >= 0.6 is 0 Å². The molecule has 3 aromatic heterocycles. The molecule has 0 spiro atoms. The number of aromatic nitrogens is 4. The van der Waals surface area contributed by atoms with E-state index in [0.29, 0.717) is 11.7 Å². The lowest BCUT2D eigenvalue weighted by Crippen LogP contribution is -2.09. The maximum Gasteiger partial charge on any atom is 0.151 e. The van der Waals surface area contributed by atoms with E-state index >= 15 is 0 Å². The van der Waals surface area contributed by atoms with E-state index in [9.17, 15) is 0 Å². The first-order valence-corrected chi connectivity index (χ1v) is 8.73. The molecular weight excluding hydrogens is 310 g/mol. The fourth-order valence-corrected chi connectivity index (χ4v) is 4.18. The summed E-state index contributed by atoms with van der Waals surface area (Å²) >= 11 is 0. The van der Waals surface area contributed by atoms with Crippen molar-refractivity contribution in [1.29, 1.82) is 0 Å². The molecule has 25 heavy (non-hydrogen) atoms. The molecule has 0 saturated heterocycles. The summed E-state index contributed by atoms with van der Waals surface area (Å²) in [5.74, 6) is 1.01. The van der Waals surface area contributed by atoms with E-state index in [1.54, 1.807) is 6.33 Å². The number of para-hydroxylation sites is 1. The molecule has 0 aliphatic heterocycles. The van der Waals surface area contributed by atoms with E-state index in [4.69, 9.17) is 5.73 Å². The highest BCUT2D eigenvalue weighted by molar-refractivity contribution is 5.94. The van der Waals surface area contributed by atoms with Gasteiger partial charge >= 0.3 is 0 Å². The molecule has 1 unspecified atom stereocenters. The lowest BCUT2D eigenvalue weighted by atomic mass is 9.84. The van der Waals surface area contributed by atoms with Gasteiger partial charge < -0.3 is 5.73 Å². The van der Waals surface area contributed by atoms with Gasteiger partial charge in [-0.15, -0.1) is 0 Å². The predicted octanol–water partition coefficient (Wildman–Crippen LogP) is 3.97. The Hall–Kier alpha value is -2.95. The number of nitrogens with two attached hydrogens (primary N) is 1. The van der Waals surface area contributed by atoms with E-state index in [0.717, 1.165) is 34.0 Å². The Bertz CT molecular complexity index is 1110. The number of aryl methyl sites for hydroxylation is 1. The lowest BCUT2D eigenvalue weighted by molar-refractivity contribution is 0.575. The number of nitrogens with zero attached hydrogens (tertiary/aromatic N) is 4. The van der Waals surface area contributed by atoms with Crippen molar-refractivity contribution in [3.63, 3.8) is 0 Å². The molecule has 1 aliphatic rings. The van der Waals surface area contributed by atoms with Crippen LogP contribution in [-0.4, -0.2) is 19.6 Å². The smallest absolute Gasteiger partial charge is 0.151 e. The van der Waals surface area contributed by atoms with E-state index in [-0.39, 0.29) is 0 Å². The number of anilines is 1. The normalized spacial score (nSPS) is 17.1. The first-order valence-electron chi connectivity index (χ1n) is 8.73. The molecule has 0 saturated carbocycles. The molecule has 0 bridgehead atoms. The van der Waals surface area contributed by atoms with Crippen molar-refractivity contribution < 1.29 is 0 Å². The summed E-state index contributed by atoms with van der Waals surface area (Å²) in [5, 5.41) is 5.63. The van der Waals surface area contributed by atoms with E-state index in [1.165, 1.54) is 24.1 Å². The van der Waals surface area contributed by atoms with Crippen LogP contribution in [0, 0.1) is 0 Å². The van der Waals surface area contributed by atoms with Gasteiger partial charge in [0.1, 0.15) is 11.8 Å². The number of benzene rings is 1. The molecule has 1 aliphatic carbocycles. The summed E-state index contributed by atoms with van der Waals surface area (Å²) in [7, 11) is 0. The Morgan fingerprint density at radius 1 is 1.20 bits per heavy atom. The second kappa shape index (κ2) is 5.28. The third kappa shape index (κ3) is 2.05. The van der Waals surface area contributed by atoms with Gasteiger partial charge in [0, 0.05) is 28.4 Å². The van der Waals surface area contributed by atoms with Gasteiger partial charge in [-0.25, -0.2) is 9.50 Å². The van der Waals surface area contributed by atoms with Crippen LogP contribution in [0.3, 0.4) is 0 Å². The molecule has 4 aromatic rings. The fraction of sp³-hybridized carbons (Fsp3) is 0.250. The highest BCUT2D eigenvalue weighted by atomic mass is 15.3. The standard InChI is InChI=1S/C20H19N5/c1-12-5-4-8-16-17(12)18(19-20(21)23-11-24-25(16)19)14-9-13-6-2-3-7-15(13)22-10-14/h2-3,6-7,9-12H,4-5,8H2,1H3,(H2,21,23,24). The Labute approximate surface area is 145 Å². The number of pyridine rings is 1. The van der Waals surface area contributed by atoms with Crippen LogP contribution < -0.4 is 5.73 Å². The minimum Gasteiger partial charge on any atom is -0.382 e. The molecule has 2 N–H and O–H groups in total. The average Bonchev–Trinajstić information content (AvgIpc) is 2.99. The summed E-state index contributed by atoms with van der Waals surface area (Å²) in [4.78, 5) is 8.91. The molecule has 5 heteroatoms. The molecule has 1 aromatic carbocycles. The second-order valence-corrected chi connectivity index (χ2v) is 6.85. The van der Waals surface area contributed by atoms with E-state index < -0.39 is 0 Å². The van der Waals surface area contributed by atoms with Crippen molar-refractivity contribution in [2.45, 2.75) is 32.1 Å². The van der Waals surface area contributed by atoms with Gasteiger partial charge in [-0.2, -0.15) is 5.10 Å². The Balaban J connectivity index is 1.89. The largest absolute Gasteiger partial charge is 0.382 e. The van der Waals surface area contributed by atoms with Crippen LogP contribution in [0.15, 0.2) is 42.9 Å². The van der Waals surface area contributed by atoms with Gasteiger partial charge in [-0.05, 0) is 42.9 Å². The molecule has 0 fully saturated rings. The second-order valence-electron chi connectivity index (χ2n) is 6.85. The molecule has 1 atom stereocenters. The Kier molecular flexibility index (Phi) is 3.04. The summed E-state index contributed by atoms with van der Waals surface area (Å²) in [5.41, 5.74) is 13.1. The zero-order chi connectivity index (χ0) is 17.0. The molecule has 5 rings (SSSR count). The van der Waals surface area contributed by atoms with Crippen molar-refractivity contribution in [3.05, 3.63) is 54.1 Å². The third-order valence-corrected chi connectivity index (χ3v) is 5.31. The van der Waals surface area contributed by atoms with Crippen molar-refractivity contribution in [2.24, 2.45) is 0 Å². The van der Waals surface area contributed by atoms with Gasteiger partial charge in [-0.1, -0.05) is 25.1 Å². The summed E-state index contributed by atoms with van der Waals surface area (Å²) in [6, 6.07) is 10.4. The number of hydrogen-bond acceptors (Lipinski definition) is 4. The van der Waals surface area contributed by atoms with Gasteiger partial charge in [0.2, 0.25) is 0 Å². The minimum atomic E-state index is 0.478. The van der Waals surface area contributed by atoms with Crippen LogP contribution in [0.25, 0.3) is 27.5 Å². The average molecular weight is 329 g/mol. The maximum absolute atomic E-state index is 6.27.